The highest BCUT2D eigenvalue weighted by Gasteiger charge is 2.07. The van der Waals surface area contributed by atoms with Crippen molar-refractivity contribution in [2.45, 2.75) is 12.8 Å². The third kappa shape index (κ3) is 3.36. The number of hydrogen-bond acceptors (Lipinski definition) is 2. The van der Waals surface area contributed by atoms with Gasteiger partial charge >= 0.3 is 0 Å². The smallest absolute Gasteiger partial charge is 0.141 e. The average Bonchev–Trinajstić information content (AvgIpc) is 2.48. The van der Waals surface area contributed by atoms with Crippen molar-refractivity contribution in [3.63, 3.8) is 0 Å². The zero-order valence-electron chi connectivity index (χ0n) is 11.3. The Morgan fingerprint density at radius 2 is 1.90 bits per heavy atom. The third-order valence-corrected chi connectivity index (χ3v) is 3.12. The normalized spacial score (nSPS) is 10.1. The van der Waals surface area contributed by atoms with Crippen molar-refractivity contribution in [1.82, 2.24) is 0 Å². The number of rotatable bonds is 5. The Kier molecular flexibility index (Phi) is 4.73. The highest BCUT2D eigenvalue weighted by atomic mass is 19.1. The van der Waals surface area contributed by atoms with E-state index in [-0.39, 0.29) is 5.56 Å². The van der Waals surface area contributed by atoms with Crippen molar-refractivity contribution in [2.24, 2.45) is 0 Å². The van der Waals surface area contributed by atoms with Gasteiger partial charge in [0.2, 0.25) is 0 Å². The molecule has 0 aromatic heterocycles. The highest BCUT2D eigenvalue weighted by molar-refractivity contribution is 5.39. The molecule has 3 heteroatoms. The summed E-state index contributed by atoms with van der Waals surface area (Å²) >= 11 is 0. The van der Waals surface area contributed by atoms with Crippen molar-refractivity contribution >= 4 is 0 Å². The van der Waals surface area contributed by atoms with Crippen molar-refractivity contribution in [3.05, 3.63) is 71.4 Å². The van der Waals surface area contributed by atoms with Crippen LogP contribution < -0.4 is 4.74 Å². The van der Waals surface area contributed by atoms with Crippen molar-refractivity contribution in [3.8, 4) is 11.8 Å². The number of nitrogens with zero attached hydrogens (tertiary/aromatic N) is 1. The van der Waals surface area contributed by atoms with E-state index in [9.17, 15) is 4.39 Å². The lowest BCUT2D eigenvalue weighted by Gasteiger charge is -2.05. The van der Waals surface area contributed by atoms with Gasteiger partial charge in [-0.15, -0.1) is 0 Å². The standard InChI is InChI=1S/C17H15FNO/c1-20-15-10-8-13(9-11-15)4-2-5-14-6-3-7-17(18)16(14)12-19/h2-3,6-11H,4-5H2,1H3. The molecule has 0 aliphatic carbocycles. The maximum absolute atomic E-state index is 13.4. The molecule has 2 aromatic carbocycles. The Labute approximate surface area is 118 Å². The molecular formula is C17H15FNO. The zero-order valence-corrected chi connectivity index (χ0v) is 11.3. The summed E-state index contributed by atoms with van der Waals surface area (Å²) in [7, 11) is 1.63. The van der Waals surface area contributed by atoms with E-state index in [0.717, 1.165) is 23.3 Å². The van der Waals surface area contributed by atoms with Gasteiger partial charge in [0.15, 0.2) is 0 Å². The molecule has 0 saturated carbocycles. The van der Waals surface area contributed by atoms with Crippen LogP contribution in [0.4, 0.5) is 4.39 Å². The summed E-state index contributed by atoms with van der Waals surface area (Å²) in [5.41, 5.74) is 2.01. The predicted octanol–water partition coefficient (Wildman–Crippen LogP) is 3.70. The van der Waals surface area contributed by atoms with Crippen LogP contribution in [0.25, 0.3) is 0 Å². The second-order valence-electron chi connectivity index (χ2n) is 4.43. The fourth-order valence-electron chi connectivity index (χ4n) is 2.02. The molecule has 101 valence electrons. The number of hydrogen-bond donors (Lipinski definition) is 0. The Balaban J connectivity index is 1.96. The summed E-state index contributed by atoms with van der Waals surface area (Å²) in [4.78, 5) is 0. The first-order valence-corrected chi connectivity index (χ1v) is 6.36. The summed E-state index contributed by atoms with van der Waals surface area (Å²) in [6.45, 7) is 0. The van der Waals surface area contributed by atoms with Gasteiger partial charge in [0, 0.05) is 0 Å². The van der Waals surface area contributed by atoms with E-state index in [0.29, 0.717) is 6.42 Å². The first-order chi connectivity index (χ1) is 9.74. The van der Waals surface area contributed by atoms with E-state index in [2.05, 4.69) is 0 Å². The Morgan fingerprint density at radius 1 is 1.15 bits per heavy atom. The molecule has 0 saturated heterocycles. The molecule has 20 heavy (non-hydrogen) atoms. The van der Waals surface area contributed by atoms with Gasteiger partial charge in [-0.3, -0.25) is 0 Å². The third-order valence-electron chi connectivity index (χ3n) is 3.12. The molecule has 0 atom stereocenters. The molecule has 0 bridgehead atoms. The lowest BCUT2D eigenvalue weighted by molar-refractivity contribution is 0.414. The minimum Gasteiger partial charge on any atom is -0.497 e. The molecule has 0 fully saturated rings. The van der Waals surface area contributed by atoms with Gasteiger partial charge in [0.25, 0.3) is 0 Å². The minimum absolute atomic E-state index is 0.137. The summed E-state index contributed by atoms with van der Waals surface area (Å²) in [5.74, 6) is 0.369. The molecule has 0 amide bonds. The molecule has 0 spiro atoms. The molecular weight excluding hydrogens is 253 g/mol. The summed E-state index contributed by atoms with van der Waals surface area (Å²) in [6.07, 6.45) is 3.38. The SMILES string of the molecule is COc1ccc(C[CH]Cc2cccc(F)c2C#N)cc1. The van der Waals surface area contributed by atoms with Gasteiger partial charge in [-0.05, 0) is 48.6 Å². The first-order valence-electron chi connectivity index (χ1n) is 6.36. The van der Waals surface area contributed by atoms with Crippen LogP contribution >= 0.6 is 0 Å². The van der Waals surface area contributed by atoms with Crippen LogP contribution in [-0.2, 0) is 12.8 Å². The highest BCUT2D eigenvalue weighted by Crippen LogP contribution is 2.16. The van der Waals surface area contributed by atoms with E-state index < -0.39 is 5.82 Å². The van der Waals surface area contributed by atoms with Crippen LogP contribution in [0.5, 0.6) is 5.75 Å². The minimum atomic E-state index is -0.456. The summed E-state index contributed by atoms with van der Waals surface area (Å²) in [6, 6.07) is 14.4. The average molecular weight is 268 g/mol. The molecule has 1 radical (unpaired) electrons. The van der Waals surface area contributed by atoms with E-state index >= 15 is 0 Å². The number of halogens is 1. The van der Waals surface area contributed by atoms with Gasteiger partial charge < -0.3 is 4.74 Å². The zero-order chi connectivity index (χ0) is 14.4. The Morgan fingerprint density at radius 3 is 2.55 bits per heavy atom. The van der Waals surface area contributed by atoms with Crippen LogP contribution in [0.2, 0.25) is 0 Å². The molecule has 2 rings (SSSR count). The lowest BCUT2D eigenvalue weighted by Crippen LogP contribution is -1.96. The Bertz CT molecular complexity index is 614. The second-order valence-corrected chi connectivity index (χ2v) is 4.43. The number of nitriles is 1. The largest absolute Gasteiger partial charge is 0.497 e. The fraction of sp³-hybridized carbons (Fsp3) is 0.176. The van der Waals surface area contributed by atoms with Crippen molar-refractivity contribution in [2.75, 3.05) is 7.11 Å². The monoisotopic (exact) mass is 268 g/mol. The predicted molar refractivity (Wildman–Crippen MR) is 75.8 cm³/mol. The second kappa shape index (κ2) is 6.72. The van der Waals surface area contributed by atoms with Gasteiger partial charge in [-0.2, -0.15) is 5.26 Å². The molecule has 0 heterocycles. The van der Waals surface area contributed by atoms with Crippen LogP contribution in [0.3, 0.4) is 0 Å². The summed E-state index contributed by atoms with van der Waals surface area (Å²) < 4.78 is 18.5. The lowest BCUT2D eigenvalue weighted by atomic mass is 10.00. The van der Waals surface area contributed by atoms with Gasteiger partial charge in [0.1, 0.15) is 17.6 Å². The maximum Gasteiger partial charge on any atom is 0.141 e. The molecule has 2 aromatic rings. The summed E-state index contributed by atoms with van der Waals surface area (Å²) in [5, 5.41) is 8.96. The van der Waals surface area contributed by atoms with E-state index in [1.807, 2.05) is 36.8 Å². The van der Waals surface area contributed by atoms with Gasteiger partial charge in [0.05, 0.1) is 12.7 Å². The van der Waals surface area contributed by atoms with Gasteiger partial charge in [-0.25, -0.2) is 4.39 Å². The van der Waals surface area contributed by atoms with E-state index in [1.165, 1.54) is 6.07 Å². The molecule has 0 aliphatic rings. The number of methoxy groups -OCH3 is 1. The quantitative estimate of drug-likeness (QED) is 0.828. The van der Waals surface area contributed by atoms with E-state index in [1.54, 1.807) is 19.2 Å². The molecule has 2 nitrogen and oxygen atoms in total. The topological polar surface area (TPSA) is 33.0 Å². The molecule has 0 N–H and O–H groups in total. The van der Waals surface area contributed by atoms with Crippen molar-refractivity contribution < 1.29 is 9.13 Å². The molecule has 0 aliphatic heterocycles. The Hall–Kier alpha value is -2.34. The van der Waals surface area contributed by atoms with Crippen LogP contribution in [0.1, 0.15) is 16.7 Å². The van der Waals surface area contributed by atoms with Crippen LogP contribution in [0, 0.1) is 23.6 Å². The molecule has 0 unspecified atom stereocenters. The number of benzene rings is 2. The van der Waals surface area contributed by atoms with Crippen molar-refractivity contribution in [1.29, 1.82) is 5.26 Å². The van der Waals surface area contributed by atoms with E-state index in [4.69, 9.17) is 10.00 Å². The number of ether oxygens (including phenoxy) is 1. The maximum atomic E-state index is 13.4. The first kappa shape index (κ1) is 14.1. The van der Waals surface area contributed by atoms with Gasteiger partial charge in [-0.1, -0.05) is 24.3 Å². The van der Waals surface area contributed by atoms with Crippen LogP contribution in [0.15, 0.2) is 42.5 Å². The van der Waals surface area contributed by atoms with Crippen LogP contribution in [-0.4, -0.2) is 7.11 Å². The fourth-order valence-corrected chi connectivity index (χ4v) is 2.02.